The minimum absolute atomic E-state index is 0.0381. The minimum atomic E-state index is -0.737. The molecule has 0 saturated carbocycles. The van der Waals surface area contributed by atoms with Gasteiger partial charge in [-0.25, -0.2) is 4.79 Å². The van der Waals surface area contributed by atoms with Crippen LogP contribution in [0.1, 0.15) is 24.0 Å². The van der Waals surface area contributed by atoms with Gasteiger partial charge in [-0.05, 0) is 30.4 Å². The number of piperidine rings is 1. The molecule has 2 heterocycles. The fourth-order valence-electron chi connectivity index (χ4n) is 4.76. The Morgan fingerprint density at radius 3 is 2.10 bits per heavy atom. The molecular formula is C25H31N3O3. The van der Waals surface area contributed by atoms with Gasteiger partial charge in [0.05, 0.1) is 6.61 Å². The smallest absolute Gasteiger partial charge is 0.327 e. The third-order valence-corrected chi connectivity index (χ3v) is 6.54. The summed E-state index contributed by atoms with van der Waals surface area (Å²) in [4.78, 5) is 32.4. The molecule has 31 heavy (non-hydrogen) atoms. The van der Waals surface area contributed by atoms with E-state index >= 15 is 0 Å². The number of ether oxygens (including phenoxy) is 1. The van der Waals surface area contributed by atoms with Gasteiger partial charge in [-0.3, -0.25) is 14.6 Å². The number of carbonyl (C=O) groups excluding carboxylic acids is 2. The molecule has 1 spiro atoms. The number of nitrogens with zero attached hydrogens (tertiary/aromatic N) is 3. The highest BCUT2D eigenvalue weighted by Gasteiger charge is 2.57. The van der Waals surface area contributed by atoms with Crippen molar-refractivity contribution >= 4 is 11.9 Å². The van der Waals surface area contributed by atoms with Gasteiger partial charge < -0.3 is 9.64 Å². The van der Waals surface area contributed by atoms with Gasteiger partial charge in [0.1, 0.15) is 5.54 Å². The molecule has 0 N–H and O–H groups in total. The van der Waals surface area contributed by atoms with Crippen LogP contribution in [-0.4, -0.2) is 72.1 Å². The molecule has 2 aliphatic heterocycles. The monoisotopic (exact) mass is 421 g/mol. The van der Waals surface area contributed by atoms with Crippen LogP contribution in [0.5, 0.6) is 0 Å². The van der Waals surface area contributed by atoms with E-state index in [4.69, 9.17) is 4.74 Å². The summed E-state index contributed by atoms with van der Waals surface area (Å²) in [6.45, 7) is 3.76. The van der Waals surface area contributed by atoms with Crippen LogP contribution in [0.3, 0.4) is 0 Å². The van der Waals surface area contributed by atoms with Gasteiger partial charge >= 0.3 is 6.03 Å². The Morgan fingerprint density at radius 2 is 1.48 bits per heavy atom. The number of hydrogen-bond donors (Lipinski definition) is 0. The number of amides is 3. The summed E-state index contributed by atoms with van der Waals surface area (Å²) >= 11 is 0. The van der Waals surface area contributed by atoms with Crippen molar-refractivity contribution in [3.8, 4) is 0 Å². The largest absolute Gasteiger partial charge is 0.383 e. The number of hydrogen-bond acceptors (Lipinski definition) is 4. The molecule has 0 aliphatic carbocycles. The molecule has 2 fully saturated rings. The molecule has 2 saturated heterocycles. The Morgan fingerprint density at radius 1 is 0.871 bits per heavy atom. The van der Waals surface area contributed by atoms with Gasteiger partial charge in [0.25, 0.3) is 5.91 Å². The van der Waals surface area contributed by atoms with E-state index in [1.165, 1.54) is 10.5 Å². The predicted octanol–water partition coefficient (Wildman–Crippen LogP) is 3.17. The highest BCUT2D eigenvalue weighted by molar-refractivity contribution is 6.07. The lowest BCUT2D eigenvalue weighted by Gasteiger charge is -2.42. The highest BCUT2D eigenvalue weighted by Crippen LogP contribution is 2.37. The summed E-state index contributed by atoms with van der Waals surface area (Å²) in [6.07, 6.45) is 2.00. The fourth-order valence-corrected chi connectivity index (χ4v) is 4.76. The third-order valence-electron chi connectivity index (χ3n) is 6.54. The first-order valence-electron chi connectivity index (χ1n) is 11.1. The number of rotatable bonds is 8. The summed E-state index contributed by atoms with van der Waals surface area (Å²) in [5.74, 6) is -0.0381. The Bertz CT molecular complexity index is 879. The van der Waals surface area contributed by atoms with Crippen molar-refractivity contribution in [1.29, 1.82) is 0 Å². The maximum absolute atomic E-state index is 13.6. The van der Waals surface area contributed by atoms with E-state index in [9.17, 15) is 9.59 Å². The van der Waals surface area contributed by atoms with E-state index in [-0.39, 0.29) is 11.9 Å². The molecule has 3 amide bonds. The summed E-state index contributed by atoms with van der Waals surface area (Å²) in [6, 6.07) is 20.2. The topological polar surface area (TPSA) is 53.1 Å². The van der Waals surface area contributed by atoms with Crippen LogP contribution in [0.4, 0.5) is 4.79 Å². The molecule has 0 atom stereocenters. The van der Waals surface area contributed by atoms with Crippen molar-refractivity contribution in [2.24, 2.45) is 0 Å². The van der Waals surface area contributed by atoms with Gasteiger partial charge in [0, 0.05) is 39.8 Å². The van der Waals surface area contributed by atoms with Crippen LogP contribution in [0.15, 0.2) is 60.7 Å². The van der Waals surface area contributed by atoms with E-state index in [0.717, 1.165) is 25.2 Å². The molecule has 2 aromatic rings. The average molecular weight is 422 g/mol. The molecular weight excluding hydrogens is 390 g/mol. The van der Waals surface area contributed by atoms with Crippen molar-refractivity contribution < 1.29 is 14.3 Å². The summed E-state index contributed by atoms with van der Waals surface area (Å²) in [7, 11) is 1.63. The lowest BCUT2D eigenvalue weighted by molar-refractivity contribution is -0.135. The van der Waals surface area contributed by atoms with Gasteiger partial charge in [-0.2, -0.15) is 0 Å². The van der Waals surface area contributed by atoms with Crippen molar-refractivity contribution in [2.45, 2.75) is 31.3 Å². The minimum Gasteiger partial charge on any atom is -0.383 e. The number of carbonyl (C=O) groups is 2. The maximum atomic E-state index is 13.6. The SMILES string of the molecule is COCCN1C(=O)N(CCc2ccccc2)C(=O)C12CCN(Cc1ccccc1)CC2. The molecule has 2 aliphatic rings. The van der Waals surface area contributed by atoms with E-state index in [1.54, 1.807) is 12.0 Å². The zero-order chi connectivity index (χ0) is 21.7. The average Bonchev–Trinajstić information content (AvgIpc) is 2.99. The molecule has 6 heteroatoms. The summed E-state index contributed by atoms with van der Waals surface area (Å²) in [5.41, 5.74) is 1.66. The second-order valence-corrected chi connectivity index (χ2v) is 8.41. The maximum Gasteiger partial charge on any atom is 0.327 e. The van der Waals surface area contributed by atoms with Crippen molar-refractivity contribution in [3.05, 3.63) is 71.8 Å². The van der Waals surface area contributed by atoms with Crippen molar-refractivity contribution in [3.63, 3.8) is 0 Å². The first-order valence-corrected chi connectivity index (χ1v) is 11.1. The molecule has 164 valence electrons. The van der Waals surface area contributed by atoms with E-state index in [0.29, 0.717) is 39.0 Å². The fraction of sp³-hybridized carbons (Fsp3) is 0.440. The van der Waals surface area contributed by atoms with Crippen LogP contribution in [0, 0.1) is 0 Å². The lowest BCUT2D eigenvalue weighted by atomic mass is 9.85. The normalized spacial score (nSPS) is 18.9. The number of urea groups is 1. The second kappa shape index (κ2) is 9.62. The molecule has 4 rings (SSSR count). The quantitative estimate of drug-likeness (QED) is 0.615. The zero-order valence-corrected chi connectivity index (χ0v) is 18.2. The van der Waals surface area contributed by atoms with Crippen LogP contribution >= 0.6 is 0 Å². The van der Waals surface area contributed by atoms with E-state index in [2.05, 4.69) is 29.2 Å². The highest BCUT2D eigenvalue weighted by atomic mass is 16.5. The Hall–Kier alpha value is -2.70. The van der Waals surface area contributed by atoms with Gasteiger partial charge in [-0.1, -0.05) is 60.7 Å². The van der Waals surface area contributed by atoms with Crippen LogP contribution in [-0.2, 0) is 22.5 Å². The van der Waals surface area contributed by atoms with Crippen LogP contribution < -0.4 is 0 Å². The van der Waals surface area contributed by atoms with Gasteiger partial charge in [-0.15, -0.1) is 0 Å². The van der Waals surface area contributed by atoms with Gasteiger partial charge in [0.15, 0.2) is 0 Å². The van der Waals surface area contributed by atoms with Crippen molar-refractivity contribution in [2.75, 3.05) is 39.9 Å². The molecule has 6 nitrogen and oxygen atoms in total. The summed E-state index contributed by atoms with van der Waals surface area (Å²) in [5, 5.41) is 0. The first kappa shape index (κ1) is 21.5. The number of likely N-dealkylation sites (tertiary alicyclic amines) is 1. The standard InChI is InChI=1S/C25H31N3O3/c1-31-19-18-28-24(30)27(15-12-21-8-4-2-5-9-21)23(29)25(28)13-16-26(17-14-25)20-22-10-6-3-7-11-22/h2-11H,12-20H2,1H3. The Labute approximate surface area is 184 Å². The van der Waals surface area contributed by atoms with E-state index < -0.39 is 5.54 Å². The second-order valence-electron chi connectivity index (χ2n) is 8.41. The molecule has 2 aromatic carbocycles. The van der Waals surface area contributed by atoms with Crippen molar-refractivity contribution in [1.82, 2.24) is 14.7 Å². The van der Waals surface area contributed by atoms with E-state index in [1.807, 2.05) is 36.4 Å². The van der Waals surface area contributed by atoms with Gasteiger partial charge in [0.2, 0.25) is 0 Å². The van der Waals surface area contributed by atoms with Crippen LogP contribution in [0.2, 0.25) is 0 Å². The number of methoxy groups -OCH3 is 1. The number of imide groups is 1. The molecule has 0 unspecified atom stereocenters. The predicted molar refractivity (Wildman–Crippen MR) is 120 cm³/mol. The molecule has 0 bridgehead atoms. The summed E-state index contributed by atoms with van der Waals surface area (Å²) < 4.78 is 5.25. The third kappa shape index (κ3) is 4.50. The number of benzene rings is 2. The Kier molecular flexibility index (Phi) is 6.68. The Balaban J connectivity index is 1.46. The molecule has 0 aromatic heterocycles. The molecule has 0 radical (unpaired) electrons. The lowest BCUT2D eigenvalue weighted by Crippen LogP contribution is -2.57. The first-order chi connectivity index (χ1) is 15.1. The van der Waals surface area contributed by atoms with Crippen LogP contribution in [0.25, 0.3) is 0 Å². The zero-order valence-electron chi connectivity index (χ0n) is 18.2.